The molecule has 1 N–H and O–H groups in total. The van der Waals surface area contributed by atoms with Gasteiger partial charge in [0.2, 0.25) is 11.8 Å². The molecule has 1 aromatic heterocycles. The van der Waals surface area contributed by atoms with Crippen molar-refractivity contribution in [2.45, 2.75) is 31.2 Å². The Labute approximate surface area is 178 Å². The quantitative estimate of drug-likeness (QED) is 0.675. The van der Waals surface area contributed by atoms with E-state index in [1.54, 1.807) is 12.0 Å². The maximum atomic E-state index is 13.2. The Bertz CT molecular complexity index is 1080. The van der Waals surface area contributed by atoms with Gasteiger partial charge in [0.05, 0.1) is 17.3 Å². The Balaban J connectivity index is 1.26. The molecule has 2 aromatic carbocycles. The fourth-order valence-electron chi connectivity index (χ4n) is 4.34. The van der Waals surface area contributed by atoms with Crippen molar-refractivity contribution in [2.24, 2.45) is 5.92 Å². The molecule has 1 aliphatic carbocycles. The Hall–Kier alpha value is -2.93. The first kappa shape index (κ1) is 19.1. The number of anilines is 1. The third-order valence-electron chi connectivity index (χ3n) is 5.99. The van der Waals surface area contributed by atoms with Crippen LogP contribution < -0.4 is 10.1 Å². The normalized spacial score (nSPS) is 22.8. The number of nitrogens with one attached hydrogen (secondary N) is 1. The van der Waals surface area contributed by atoms with E-state index in [0.717, 1.165) is 34.4 Å². The second-order valence-corrected chi connectivity index (χ2v) is 8.92. The van der Waals surface area contributed by atoms with Crippen molar-refractivity contribution in [3.63, 3.8) is 0 Å². The van der Waals surface area contributed by atoms with Crippen LogP contribution in [-0.2, 0) is 9.59 Å². The minimum Gasteiger partial charge on any atom is -0.497 e. The van der Waals surface area contributed by atoms with Crippen molar-refractivity contribution in [3.05, 3.63) is 54.1 Å². The van der Waals surface area contributed by atoms with E-state index in [1.807, 2.05) is 48.5 Å². The summed E-state index contributed by atoms with van der Waals surface area (Å²) in [4.78, 5) is 32.3. The Kier molecular flexibility index (Phi) is 4.90. The van der Waals surface area contributed by atoms with E-state index in [2.05, 4.69) is 10.3 Å². The number of methoxy groups -OCH3 is 1. The van der Waals surface area contributed by atoms with Gasteiger partial charge in [-0.25, -0.2) is 4.98 Å². The van der Waals surface area contributed by atoms with Gasteiger partial charge in [0.25, 0.3) is 0 Å². The lowest BCUT2D eigenvalue weighted by Gasteiger charge is -2.23. The molecule has 6 nitrogen and oxygen atoms in total. The number of nitrogens with zero attached hydrogens (tertiary/aromatic N) is 2. The molecule has 7 heteroatoms. The molecule has 1 aliphatic heterocycles. The van der Waals surface area contributed by atoms with Gasteiger partial charge in [0, 0.05) is 12.5 Å². The van der Waals surface area contributed by atoms with Gasteiger partial charge in [0.1, 0.15) is 11.8 Å². The number of hydrogen-bond donors (Lipinski definition) is 1. The maximum Gasteiger partial charge on any atom is 0.248 e. The predicted octanol–water partition coefficient (Wildman–Crippen LogP) is 4.04. The first-order valence-electron chi connectivity index (χ1n) is 10.2. The van der Waals surface area contributed by atoms with E-state index < -0.39 is 6.04 Å². The molecule has 3 unspecified atom stereocenters. The summed E-state index contributed by atoms with van der Waals surface area (Å²) in [5.74, 6) is 0.914. The summed E-state index contributed by atoms with van der Waals surface area (Å²) < 4.78 is 6.34. The zero-order valence-corrected chi connectivity index (χ0v) is 17.5. The molecule has 2 amide bonds. The van der Waals surface area contributed by atoms with Gasteiger partial charge in [-0.15, -0.1) is 0 Å². The number of para-hydroxylation sites is 1. The Morgan fingerprint density at radius 2 is 2.07 bits per heavy atom. The van der Waals surface area contributed by atoms with Crippen molar-refractivity contribution < 1.29 is 14.3 Å². The minimum atomic E-state index is -0.420. The van der Waals surface area contributed by atoms with Crippen molar-refractivity contribution in [2.75, 3.05) is 19.0 Å². The number of amides is 2. The van der Waals surface area contributed by atoms with Crippen LogP contribution in [0.5, 0.6) is 5.75 Å². The lowest BCUT2D eigenvalue weighted by molar-refractivity contribution is -0.137. The number of benzene rings is 2. The lowest BCUT2D eigenvalue weighted by atomic mass is 10.1. The lowest BCUT2D eigenvalue weighted by Crippen LogP contribution is -2.44. The molecular weight excluding hydrogens is 398 g/mol. The molecule has 2 fully saturated rings. The number of carbonyl (C=O) groups excluding carboxylic acids is 2. The van der Waals surface area contributed by atoms with Crippen LogP contribution in [0.25, 0.3) is 10.2 Å². The van der Waals surface area contributed by atoms with Crippen LogP contribution in [0.15, 0.2) is 48.5 Å². The molecule has 0 radical (unpaired) electrons. The largest absolute Gasteiger partial charge is 0.497 e. The number of thiazole rings is 1. The summed E-state index contributed by atoms with van der Waals surface area (Å²) in [6.07, 6.45) is 2.37. The molecule has 2 heterocycles. The van der Waals surface area contributed by atoms with E-state index in [4.69, 9.17) is 4.74 Å². The summed E-state index contributed by atoms with van der Waals surface area (Å²) in [5, 5.41) is 3.52. The molecule has 30 heavy (non-hydrogen) atoms. The summed E-state index contributed by atoms with van der Waals surface area (Å²) >= 11 is 1.46. The van der Waals surface area contributed by atoms with Crippen molar-refractivity contribution in [3.8, 4) is 5.75 Å². The van der Waals surface area contributed by atoms with Gasteiger partial charge in [-0.1, -0.05) is 35.6 Å². The summed E-state index contributed by atoms with van der Waals surface area (Å²) in [7, 11) is 1.65. The van der Waals surface area contributed by atoms with E-state index in [-0.39, 0.29) is 23.7 Å². The third kappa shape index (κ3) is 3.54. The van der Waals surface area contributed by atoms with Crippen LogP contribution in [0, 0.1) is 5.92 Å². The minimum absolute atomic E-state index is 0.0482. The third-order valence-corrected chi connectivity index (χ3v) is 6.94. The van der Waals surface area contributed by atoms with Crippen LogP contribution in [0.4, 0.5) is 5.13 Å². The molecule has 1 saturated heterocycles. The molecular formula is C23H23N3O3S. The van der Waals surface area contributed by atoms with Gasteiger partial charge in [-0.2, -0.15) is 0 Å². The molecule has 3 aromatic rings. The average Bonchev–Trinajstić information content (AvgIpc) is 3.22. The van der Waals surface area contributed by atoms with Gasteiger partial charge in [0.15, 0.2) is 5.13 Å². The molecule has 5 rings (SSSR count). The number of carbonyl (C=O) groups is 2. The van der Waals surface area contributed by atoms with Crippen molar-refractivity contribution >= 4 is 38.5 Å². The highest BCUT2D eigenvalue weighted by Crippen LogP contribution is 2.49. The highest BCUT2D eigenvalue weighted by Gasteiger charge is 2.48. The molecule has 3 atom stereocenters. The fraction of sp³-hybridized carbons (Fsp3) is 0.348. The molecule has 154 valence electrons. The summed E-state index contributed by atoms with van der Waals surface area (Å²) in [5.41, 5.74) is 2.00. The Morgan fingerprint density at radius 1 is 1.20 bits per heavy atom. The highest BCUT2D eigenvalue weighted by molar-refractivity contribution is 7.22. The summed E-state index contributed by atoms with van der Waals surface area (Å²) in [6, 6.07) is 15.3. The molecule has 1 saturated carbocycles. The van der Waals surface area contributed by atoms with Gasteiger partial charge in [-0.05, 0) is 55.0 Å². The van der Waals surface area contributed by atoms with Crippen LogP contribution in [0.1, 0.15) is 30.7 Å². The van der Waals surface area contributed by atoms with E-state index in [9.17, 15) is 9.59 Å². The number of rotatable bonds is 5. The SMILES string of the molecule is COc1cccc(C2CC2C(=O)N2CCCC2C(=O)Nc2nc3ccccc3s2)c1. The van der Waals surface area contributed by atoms with Crippen LogP contribution >= 0.6 is 11.3 Å². The number of ether oxygens (including phenoxy) is 1. The molecule has 2 aliphatic rings. The van der Waals surface area contributed by atoms with Crippen LogP contribution in [0.3, 0.4) is 0 Å². The van der Waals surface area contributed by atoms with Crippen molar-refractivity contribution in [1.82, 2.24) is 9.88 Å². The van der Waals surface area contributed by atoms with Gasteiger partial charge in [-0.3, -0.25) is 9.59 Å². The number of likely N-dealkylation sites (tertiary alicyclic amines) is 1. The first-order chi connectivity index (χ1) is 14.6. The highest BCUT2D eigenvalue weighted by atomic mass is 32.1. The molecule has 0 spiro atoms. The van der Waals surface area contributed by atoms with Gasteiger partial charge >= 0.3 is 0 Å². The number of hydrogen-bond acceptors (Lipinski definition) is 5. The second-order valence-electron chi connectivity index (χ2n) is 7.89. The molecule has 0 bridgehead atoms. The van der Waals surface area contributed by atoms with E-state index >= 15 is 0 Å². The maximum absolute atomic E-state index is 13.2. The Morgan fingerprint density at radius 3 is 2.90 bits per heavy atom. The predicted molar refractivity (Wildman–Crippen MR) is 117 cm³/mol. The van der Waals surface area contributed by atoms with E-state index in [0.29, 0.717) is 18.1 Å². The average molecular weight is 422 g/mol. The fourth-order valence-corrected chi connectivity index (χ4v) is 5.21. The smallest absolute Gasteiger partial charge is 0.248 e. The topological polar surface area (TPSA) is 71.5 Å². The zero-order valence-electron chi connectivity index (χ0n) is 16.7. The standard InChI is InChI=1S/C23H23N3O3S/c1-29-15-7-4-6-14(12-15)16-13-17(16)22(28)26-11-5-9-19(26)21(27)25-23-24-18-8-2-3-10-20(18)30-23/h2-4,6-8,10,12,16-17,19H,5,9,11,13H2,1H3,(H,24,25,27). The monoisotopic (exact) mass is 421 g/mol. The summed E-state index contributed by atoms with van der Waals surface area (Å²) in [6.45, 7) is 0.637. The zero-order chi connectivity index (χ0) is 20.7. The van der Waals surface area contributed by atoms with Gasteiger partial charge < -0.3 is 15.0 Å². The van der Waals surface area contributed by atoms with Crippen LogP contribution in [0.2, 0.25) is 0 Å². The van der Waals surface area contributed by atoms with E-state index in [1.165, 1.54) is 11.3 Å². The first-order valence-corrected chi connectivity index (χ1v) is 11.1. The number of fused-ring (bicyclic) bond motifs is 1. The van der Waals surface area contributed by atoms with Crippen molar-refractivity contribution in [1.29, 1.82) is 0 Å². The van der Waals surface area contributed by atoms with Crippen LogP contribution in [-0.4, -0.2) is 41.4 Å². The number of aromatic nitrogens is 1. The second kappa shape index (κ2) is 7.72.